The van der Waals surface area contributed by atoms with Gasteiger partial charge in [0, 0.05) is 7.11 Å². The van der Waals surface area contributed by atoms with Crippen molar-refractivity contribution in [3.8, 4) is 0 Å². The summed E-state index contributed by atoms with van der Waals surface area (Å²) in [7, 11) is 4.86. The Balaban J connectivity index is 2.73. The quantitative estimate of drug-likeness (QED) is 0.379. The molecule has 72 valence electrons. The van der Waals surface area contributed by atoms with Crippen LogP contribution < -0.4 is 0 Å². The Kier molecular flexibility index (Phi) is 10.5. The third-order valence-corrected chi connectivity index (χ3v) is 1.18. The normalized spacial score (nSPS) is 10.4. The van der Waals surface area contributed by atoms with Gasteiger partial charge in [-0.3, -0.25) is 0 Å². The SMILES string of the molecule is [CH2+]OCCOCCOCCOC. The summed E-state index contributed by atoms with van der Waals surface area (Å²) in [4.78, 5) is 0. The van der Waals surface area contributed by atoms with Crippen molar-refractivity contribution in [1.82, 2.24) is 0 Å². The van der Waals surface area contributed by atoms with Crippen molar-refractivity contribution < 1.29 is 18.9 Å². The molecule has 0 aliphatic heterocycles. The summed E-state index contributed by atoms with van der Waals surface area (Å²) in [5, 5.41) is 0. The fourth-order valence-electron chi connectivity index (χ4n) is 0.582. The number of hydrogen-bond donors (Lipinski definition) is 0. The van der Waals surface area contributed by atoms with Gasteiger partial charge >= 0.3 is 0 Å². The summed E-state index contributed by atoms with van der Waals surface area (Å²) in [5.74, 6) is 0. The smallest absolute Gasteiger partial charge is 0.213 e. The molecule has 0 fully saturated rings. The highest BCUT2D eigenvalue weighted by Crippen LogP contribution is 1.80. The molecule has 0 radical (unpaired) electrons. The van der Waals surface area contributed by atoms with Gasteiger partial charge in [0.25, 0.3) is 0 Å². The van der Waals surface area contributed by atoms with Crippen LogP contribution in [0.5, 0.6) is 0 Å². The molecule has 0 bridgehead atoms. The van der Waals surface area contributed by atoms with Crippen LogP contribution in [0.15, 0.2) is 0 Å². The van der Waals surface area contributed by atoms with Gasteiger partial charge in [-0.15, -0.1) is 0 Å². The minimum Gasteiger partial charge on any atom is -0.382 e. The number of ether oxygens (including phenoxy) is 4. The van der Waals surface area contributed by atoms with Crippen molar-refractivity contribution in [3.63, 3.8) is 0 Å². The zero-order valence-electron chi connectivity index (χ0n) is 7.58. The molecular formula is C8H17O4+. The Morgan fingerprint density at radius 1 is 0.833 bits per heavy atom. The molecule has 0 rings (SSSR count). The Labute approximate surface area is 73.7 Å². The van der Waals surface area contributed by atoms with Crippen LogP contribution in [0, 0.1) is 7.11 Å². The second-order valence-corrected chi connectivity index (χ2v) is 2.13. The summed E-state index contributed by atoms with van der Waals surface area (Å²) >= 11 is 0. The van der Waals surface area contributed by atoms with Crippen LogP contribution in [-0.2, 0) is 18.9 Å². The van der Waals surface area contributed by atoms with Crippen molar-refractivity contribution >= 4 is 0 Å². The van der Waals surface area contributed by atoms with Crippen LogP contribution in [0.4, 0.5) is 0 Å². The molecule has 0 spiro atoms. The summed E-state index contributed by atoms with van der Waals surface area (Å²) in [5.41, 5.74) is 0. The maximum Gasteiger partial charge on any atom is 0.213 e. The molecule has 12 heavy (non-hydrogen) atoms. The largest absolute Gasteiger partial charge is 0.382 e. The molecule has 0 N–H and O–H groups in total. The lowest BCUT2D eigenvalue weighted by Gasteiger charge is -2.03. The van der Waals surface area contributed by atoms with Crippen LogP contribution >= 0.6 is 0 Å². The fourth-order valence-corrected chi connectivity index (χ4v) is 0.582. The molecule has 0 aliphatic carbocycles. The van der Waals surface area contributed by atoms with E-state index in [4.69, 9.17) is 14.2 Å². The van der Waals surface area contributed by atoms with E-state index < -0.39 is 0 Å². The number of rotatable bonds is 9. The first-order chi connectivity index (χ1) is 5.91. The van der Waals surface area contributed by atoms with Crippen LogP contribution in [0.1, 0.15) is 0 Å². The summed E-state index contributed by atoms with van der Waals surface area (Å²) in [6, 6.07) is 0. The van der Waals surface area contributed by atoms with Crippen LogP contribution in [-0.4, -0.2) is 46.8 Å². The fraction of sp³-hybridized carbons (Fsp3) is 0.875. The van der Waals surface area contributed by atoms with E-state index >= 15 is 0 Å². The van der Waals surface area contributed by atoms with Crippen LogP contribution in [0.25, 0.3) is 0 Å². The third kappa shape index (κ3) is 9.71. The van der Waals surface area contributed by atoms with Crippen LogP contribution in [0.3, 0.4) is 0 Å². The standard InChI is InChI=1S/C8H17O4/c1-9-3-5-11-7-8-12-6-4-10-2/h1,3-8H2,2H3/q+1. The molecule has 0 heterocycles. The van der Waals surface area contributed by atoms with E-state index in [1.165, 1.54) is 0 Å². The predicted molar refractivity (Wildman–Crippen MR) is 44.8 cm³/mol. The van der Waals surface area contributed by atoms with E-state index in [2.05, 4.69) is 11.8 Å². The molecule has 0 aromatic heterocycles. The summed E-state index contributed by atoms with van der Waals surface area (Å²) in [6.45, 7) is 3.52. The van der Waals surface area contributed by atoms with Gasteiger partial charge in [0.1, 0.15) is 6.61 Å². The maximum absolute atomic E-state index is 5.15. The van der Waals surface area contributed by atoms with Gasteiger partial charge in [-0.05, 0) is 0 Å². The monoisotopic (exact) mass is 177 g/mol. The first-order valence-electron chi connectivity index (χ1n) is 3.93. The molecule has 0 aromatic rings. The van der Waals surface area contributed by atoms with Crippen molar-refractivity contribution in [2.24, 2.45) is 0 Å². The van der Waals surface area contributed by atoms with Crippen molar-refractivity contribution in [2.45, 2.75) is 0 Å². The molecule has 4 nitrogen and oxygen atoms in total. The zero-order chi connectivity index (χ0) is 9.07. The van der Waals surface area contributed by atoms with E-state index in [0.29, 0.717) is 39.6 Å². The molecular weight excluding hydrogens is 160 g/mol. The van der Waals surface area contributed by atoms with Crippen molar-refractivity contribution in [1.29, 1.82) is 0 Å². The van der Waals surface area contributed by atoms with E-state index in [9.17, 15) is 0 Å². The van der Waals surface area contributed by atoms with E-state index in [1.54, 1.807) is 7.11 Å². The summed E-state index contributed by atoms with van der Waals surface area (Å²) in [6.07, 6.45) is 0. The Bertz CT molecular complexity index is 67.5. The highest BCUT2D eigenvalue weighted by molar-refractivity contribution is 4.32. The van der Waals surface area contributed by atoms with Crippen molar-refractivity contribution in [3.05, 3.63) is 7.11 Å². The molecule has 0 atom stereocenters. The molecule has 0 aromatic carbocycles. The van der Waals surface area contributed by atoms with E-state index in [-0.39, 0.29) is 0 Å². The lowest BCUT2D eigenvalue weighted by atomic mass is 10.7. The van der Waals surface area contributed by atoms with Crippen LogP contribution in [0.2, 0.25) is 0 Å². The molecule has 0 unspecified atom stereocenters. The second-order valence-electron chi connectivity index (χ2n) is 2.13. The van der Waals surface area contributed by atoms with E-state index in [1.807, 2.05) is 0 Å². The van der Waals surface area contributed by atoms with Gasteiger partial charge in [-0.1, -0.05) is 0 Å². The Hall–Kier alpha value is -0.290. The lowest BCUT2D eigenvalue weighted by Crippen LogP contribution is -2.10. The summed E-state index contributed by atoms with van der Waals surface area (Å²) < 4.78 is 19.6. The number of methoxy groups -OCH3 is 1. The topological polar surface area (TPSA) is 36.9 Å². The minimum absolute atomic E-state index is 0.526. The average molecular weight is 177 g/mol. The zero-order valence-corrected chi connectivity index (χ0v) is 7.58. The molecule has 0 amide bonds. The second kappa shape index (κ2) is 10.7. The highest BCUT2D eigenvalue weighted by atomic mass is 16.5. The van der Waals surface area contributed by atoms with Gasteiger partial charge in [0.2, 0.25) is 7.11 Å². The first kappa shape index (κ1) is 11.7. The van der Waals surface area contributed by atoms with Gasteiger partial charge in [0.15, 0.2) is 0 Å². The van der Waals surface area contributed by atoms with Gasteiger partial charge in [0.05, 0.1) is 33.0 Å². The molecule has 4 heteroatoms. The first-order valence-corrected chi connectivity index (χ1v) is 3.93. The van der Waals surface area contributed by atoms with Crippen molar-refractivity contribution in [2.75, 3.05) is 46.8 Å². The van der Waals surface area contributed by atoms with Gasteiger partial charge in [-0.25, -0.2) is 0 Å². The maximum atomic E-state index is 5.15. The Morgan fingerprint density at radius 2 is 1.33 bits per heavy atom. The average Bonchev–Trinajstić information content (AvgIpc) is 2.10. The predicted octanol–water partition coefficient (Wildman–Crippen LogP) is 0.474. The third-order valence-electron chi connectivity index (χ3n) is 1.18. The van der Waals surface area contributed by atoms with E-state index in [0.717, 1.165) is 0 Å². The minimum atomic E-state index is 0.526. The molecule has 0 saturated carbocycles. The van der Waals surface area contributed by atoms with Gasteiger partial charge in [-0.2, -0.15) is 4.74 Å². The van der Waals surface area contributed by atoms with Gasteiger partial charge < -0.3 is 14.2 Å². The number of hydrogen-bond acceptors (Lipinski definition) is 4. The molecule has 0 saturated heterocycles. The molecule has 0 aliphatic rings. The Morgan fingerprint density at radius 3 is 1.83 bits per heavy atom. The highest BCUT2D eigenvalue weighted by Gasteiger charge is 1.90. The lowest BCUT2D eigenvalue weighted by molar-refractivity contribution is 0.0138.